The Hall–Kier alpha value is -0.970. The summed E-state index contributed by atoms with van der Waals surface area (Å²) in [4.78, 5) is 13.3. The van der Waals surface area contributed by atoms with Gasteiger partial charge in [-0.2, -0.15) is 0 Å². The zero-order valence-electron chi connectivity index (χ0n) is 10.9. The summed E-state index contributed by atoms with van der Waals surface area (Å²) in [6, 6.07) is 2.17. The molecule has 0 spiro atoms. The largest absolute Gasteiger partial charge is 0.341 e. The summed E-state index contributed by atoms with van der Waals surface area (Å²) in [6.45, 7) is 6.27. The molecule has 1 rings (SSSR count). The van der Waals surface area contributed by atoms with Crippen LogP contribution in [0.4, 0.5) is 8.78 Å². The van der Waals surface area contributed by atoms with Crippen LogP contribution in [0, 0.1) is 17.0 Å². The second-order valence-corrected chi connectivity index (χ2v) is 6.38. The second-order valence-electron chi connectivity index (χ2n) is 5.47. The molecule has 1 aromatic rings. The minimum atomic E-state index is -0.854. The van der Waals surface area contributed by atoms with Gasteiger partial charge in [0.2, 0.25) is 0 Å². The first-order chi connectivity index (χ1) is 8.11. The van der Waals surface area contributed by atoms with E-state index >= 15 is 0 Å². The highest BCUT2D eigenvalue weighted by molar-refractivity contribution is 9.10. The van der Waals surface area contributed by atoms with Crippen molar-refractivity contribution in [3.8, 4) is 0 Å². The molecule has 5 heteroatoms. The van der Waals surface area contributed by atoms with Crippen molar-refractivity contribution < 1.29 is 13.6 Å². The lowest BCUT2D eigenvalue weighted by molar-refractivity contribution is 0.0736. The van der Waals surface area contributed by atoms with E-state index < -0.39 is 23.1 Å². The van der Waals surface area contributed by atoms with Crippen LogP contribution < -0.4 is 0 Å². The van der Waals surface area contributed by atoms with E-state index in [0.29, 0.717) is 6.54 Å². The van der Waals surface area contributed by atoms with Gasteiger partial charge in [-0.1, -0.05) is 36.7 Å². The van der Waals surface area contributed by atoms with Crippen molar-refractivity contribution in [2.45, 2.75) is 20.8 Å². The Morgan fingerprint density at radius 2 is 1.72 bits per heavy atom. The van der Waals surface area contributed by atoms with Gasteiger partial charge in [0.05, 0.1) is 0 Å². The summed E-state index contributed by atoms with van der Waals surface area (Å²) >= 11 is 2.98. The molecule has 0 atom stereocenters. The van der Waals surface area contributed by atoms with Gasteiger partial charge in [0.15, 0.2) is 0 Å². The molecule has 0 aliphatic heterocycles. The van der Waals surface area contributed by atoms with Gasteiger partial charge in [-0.15, -0.1) is 0 Å². The molecule has 0 aliphatic rings. The van der Waals surface area contributed by atoms with Crippen LogP contribution in [0.25, 0.3) is 0 Å². The third-order valence-electron chi connectivity index (χ3n) is 2.28. The lowest BCUT2D eigenvalue weighted by Gasteiger charge is -2.26. The molecule has 0 saturated carbocycles. The lowest BCUT2D eigenvalue weighted by Crippen LogP contribution is -2.35. The fourth-order valence-corrected chi connectivity index (χ4v) is 2.12. The van der Waals surface area contributed by atoms with E-state index in [-0.39, 0.29) is 9.89 Å². The zero-order valence-corrected chi connectivity index (χ0v) is 12.4. The molecule has 100 valence electrons. The number of hydrogen-bond acceptors (Lipinski definition) is 1. The van der Waals surface area contributed by atoms with Crippen molar-refractivity contribution in [2.75, 3.05) is 13.6 Å². The summed E-state index contributed by atoms with van der Waals surface area (Å²) in [5, 5.41) is 0. The van der Waals surface area contributed by atoms with Crippen molar-refractivity contribution in [3.05, 3.63) is 33.8 Å². The Balaban J connectivity index is 3.05. The van der Waals surface area contributed by atoms with E-state index in [2.05, 4.69) is 15.9 Å². The van der Waals surface area contributed by atoms with Gasteiger partial charge in [0.25, 0.3) is 5.91 Å². The summed E-state index contributed by atoms with van der Waals surface area (Å²) in [6.07, 6.45) is 0. The van der Waals surface area contributed by atoms with E-state index in [4.69, 9.17) is 0 Å². The average Bonchev–Trinajstić information content (AvgIpc) is 2.12. The first-order valence-corrected chi connectivity index (χ1v) is 6.31. The minimum Gasteiger partial charge on any atom is -0.341 e. The number of halogens is 3. The van der Waals surface area contributed by atoms with Crippen molar-refractivity contribution in [1.82, 2.24) is 4.90 Å². The minimum absolute atomic E-state index is 0.132. The van der Waals surface area contributed by atoms with Crippen LogP contribution in [0.3, 0.4) is 0 Å². The third kappa shape index (κ3) is 3.77. The summed E-state index contributed by atoms with van der Waals surface area (Å²) in [5.41, 5.74) is -0.642. The van der Waals surface area contributed by atoms with E-state index in [1.165, 1.54) is 11.9 Å². The standard InChI is InChI=1S/C13H16BrF2NO/c1-13(2,3)7-17(4)12(18)11-9(15)5-8(14)6-10(11)16/h5-6H,7H2,1-4H3. The fraction of sp³-hybridized carbons (Fsp3) is 0.462. The van der Waals surface area contributed by atoms with Crippen LogP contribution in [0.2, 0.25) is 0 Å². The zero-order chi connectivity index (χ0) is 14.1. The molecule has 0 N–H and O–H groups in total. The van der Waals surface area contributed by atoms with Crippen molar-refractivity contribution >= 4 is 21.8 Å². The molecule has 0 saturated heterocycles. The van der Waals surface area contributed by atoms with Gasteiger partial charge in [-0.25, -0.2) is 8.78 Å². The second kappa shape index (κ2) is 5.34. The van der Waals surface area contributed by atoms with Crippen molar-refractivity contribution in [1.29, 1.82) is 0 Å². The summed E-state index contributed by atoms with van der Waals surface area (Å²) in [7, 11) is 1.54. The lowest BCUT2D eigenvalue weighted by atomic mass is 9.96. The average molecular weight is 320 g/mol. The molecule has 0 fully saturated rings. The Bertz CT molecular complexity index is 446. The van der Waals surface area contributed by atoms with Crippen LogP contribution in [0.5, 0.6) is 0 Å². The van der Waals surface area contributed by atoms with Crippen LogP contribution in [0.1, 0.15) is 31.1 Å². The van der Waals surface area contributed by atoms with Gasteiger partial charge in [-0.05, 0) is 17.5 Å². The molecule has 0 bridgehead atoms. The number of nitrogens with zero attached hydrogens (tertiary/aromatic N) is 1. The number of carbonyl (C=O) groups excluding carboxylic acids is 1. The SMILES string of the molecule is CN(CC(C)(C)C)C(=O)c1c(F)cc(Br)cc1F. The first kappa shape index (κ1) is 15.1. The van der Waals surface area contributed by atoms with Crippen LogP contribution in [-0.4, -0.2) is 24.4 Å². The molecule has 18 heavy (non-hydrogen) atoms. The number of benzene rings is 1. The Kier molecular flexibility index (Phi) is 4.48. The number of carbonyl (C=O) groups is 1. The van der Waals surface area contributed by atoms with E-state index in [0.717, 1.165) is 12.1 Å². The van der Waals surface area contributed by atoms with Crippen molar-refractivity contribution in [2.24, 2.45) is 5.41 Å². The molecule has 0 radical (unpaired) electrons. The smallest absolute Gasteiger partial charge is 0.259 e. The Labute approximate surface area is 114 Å². The molecule has 0 aliphatic carbocycles. The molecule has 1 aromatic carbocycles. The van der Waals surface area contributed by atoms with Gasteiger partial charge >= 0.3 is 0 Å². The summed E-state index contributed by atoms with van der Waals surface area (Å²) < 4.78 is 27.5. The van der Waals surface area contributed by atoms with Crippen molar-refractivity contribution in [3.63, 3.8) is 0 Å². The maximum Gasteiger partial charge on any atom is 0.259 e. The predicted molar refractivity (Wildman–Crippen MR) is 70.5 cm³/mol. The molecule has 1 amide bonds. The van der Waals surface area contributed by atoms with Gasteiger partial charge < -0.3 is 4.90 Å². The highest BCUT2D eigenvalue weighted by Gasteiger charge is 2.24. The Morgan fingerprint density at radius 1 is 1.28 bits per heavy atom. The molecule has 0 unspecified atom stereocenters. The molecular formula is C13H16BrF2NO. The molecular weight excluding hydrogens is 304 g/mol. The quantitative estimate of drug-likeness (QED) is 0.811. The van der Waals surface area contributed by atoms with E-state index in [1.54, 1.807) is 0 Å². The van der Waals surface area contributed by atoms with Crippen LogP contribution >= 0.6 is 15.9 Å². The fourth-order valence-electron chi connectivity index (χ4n) is 1.72. The van der Waals surface area contributed by atoms with Gasteiger partial charge in [-0.3, -0.25) is 4.79 Å². The number of amides is 1. The van der Waals surface area contributed by atoms with Gasteiger partial charge in [0, 0.05) is 18.1 Å². The number of hydrogen-bond donors (Lipinski definition) is 0. The molecule has 0 heterocycles. The van der Waals surface area contributed by atoms with Crippen LogP contribution in [0.15, 0.2) is 16.6 Å². The topological polar surface area (TPSA) is 20.3 Å². The normalized spacial score (nSPS) is 11.5. The maximum atomic E-state index is 13.6. The first-order valence-electron chi connectivity index (χ1n) is 5.52. The highest BCUT2D eigenvalue weighted by Crippen LogP contribution is 2.22. The molecule has 2 nitrogen and oxygen atoms in total. The summed E-state index contributed by atoms with van der Waals surface area (Å²) in [5.74, 6) is -2.35. The Morgan fingerprint density at radius 3 is 2.11 bits per heavy atom. The maximum absolute atomic E-state index is 13.6. The van der Waals surface area contributed by atoms with E-state index in [1.807, 2.05) is 20.8 Å². The van der Waals surface area contributed by atoms with Gasteiger partial charge in [0.1, 0.15) is 17.2 Å². The third-order valence-corrected chi connectivity index (χ3v) is 2.74. The molecule has 0 aromatic heterocycles. The highest BCUT2D eigenvalue weighted by atomic mass is 79.9. The monoisotopic (exact) mass is 319 g/mol. The van der Waals surface area contributed by atoms with E-state index in [9.17, 15) is 13.6 Å². The number of rotatable bonds is 2. The predicted octanol–water partition coefficient (Wildman–Crippen LogP) is 3.85. The van der Waals surface area contributed by atoms with Crippen LogP contribution in [-0.2, 0) is 0 Å².